The Morgan fingerprint density at radius 1 is 1.70 bits per heavy atom. The summed E-state index contributed by atoms with van der Waals surface area (Å²) in [7, 11) is 2.14. The van der Waals surface area contributed by atoms with E-state index in [1.165, 1.54) is 13.1 Å². The van der Waals surface area contributed by atoms with Gasteiger partial charge >= 0.3 is 0 Å². The third kappa shape index (κ3) is 1.82. The molecule has 0 aromatic heterocycles. The minimum absolute atomic E-state index is 0.457. The van der Waals surface area contributed by atoms with E-state index in [1.807, 2.05) is 6.08 Å². The van der Waals surface area contributed by atoms with E-state index in [0.29, 0.717) is 12.1 Å². The van der Waals surface area contributed by atoms with Gasteiger partial charge in [-0.15, -0.1) is 6.58 Å². The highest BCUT2D eigenvalue weighted by Crippen LogP contribution is 2.04. The molecule has 1 aliphatic rings. The minimum Gasteiger partial charge on any atom is -0.306 e. The van der Waals surface area contributed by atoms with Crippen LogP contribution in [-0.2, 0) is 0 Å². The van der Waals surface area contributed by atoms with Crippen molar-refractivity contribution in [1.29, 1.82) is 0 Å². The van der Waals surface area contributed by atoms with E-state index in [0.717, 1.165) is 0 Å². The van der Waals surface area contributed by atoms with Crippen molar-refractivity contribution < 1.29 is 0 Å². The molecule has 0 saturated carbocycles. The van der Waals surface area contributed by atoms with Crippen molar-refractivity contribution in [3.8, 4) is 0 Å². The number of rotatable bonds is 3. The van der Waals surface area contributed by atoms with Crippen molar-refractivity contribution in [2.45, 2.75) is 19.0 Å². The van der Waals surface area contributed by atoms with E-state index >= 15 is 0 Å². The summed E-state index contributed by atoms with van der Waals surface area (Å²) in [5, 5.41) is 3.44. The first-order chi connectivity index (χ1) is 4.72. The molecule has 0 aliphatic carbocycles. The van der Waals surface area contributed by atoms with Crippen LogP contribution in [0.2, 0.25) is 0 Å². The fourth-order valence-electron chi connectivity index (χ4n) is 1.24. The summed E-state index contributed by atoms with van der Waals surface area (Å²) >= 11 is 0. The van der Waals surface area contributed by atoms with Gasteiger partial charge in [0.15, 0.2) is 0 Å². The maximum Gasteiger partial charge on any atom is 0.0327 e. The van der Waals surface area contributed by atoms with Gasteiger partial charge in [0, 0.05) is 25.2 Å². The third-order valence-corrected chi connectivity index (χ3v) is 1.92. The molecule has 1 heterocycles. The Balaban J connectivity index is 2.10. The molecule has 2 heteroatoms. The van der Waals surface area contributed by atoms with Crippen molar-refractivity contribution in [2.24, 2.45) is 0 Å². The summed E-state index contributed by atoms with van der Waals surface area (Å²) in [6.07, 6.45) is 1.94. The van der Waals surface area contributed by atoms with Crippen molar-refractivity contribution in [1.82, 2.24) is 10.2 Å². The minimum atomic E-state index is 0.457. The predicted molar refractivity (Wildman–Crippen MR) is 44.1 cm³/mol. The Morgan fingerprint density at radius 3 is 2.70 bits per heavy atom. The Labute approximate surface area is 62.9 Å². The van der Waals surface area contributed by atoms with Gasteiger partial charge in [0.25, 0.3) is 0 Å². The normalized spacial score (nSPS) is 23.8. The lowest BCUT2D eigenvalue weighted by atomic mass is 10.1. The van der Waals surface area contributed by atoms with Crippen LogP contribution >= 0.6 is 0 Å². The molecule has 1 rings (SSSR count). The van der Waals surface area contributed by atoms with Crippen LogP contribution in [-0.4, -0.2) is 37.1 Å². The molecule has 10 heavy (non-hydrogen) atoms. The number of hydrogen-bond donors (Lipinski definition) is 1. The van der Waals surface area contributed by atoms with Crippen LogP contribution in [0.5, 0.6) is 0 Å². The van der Waals surface area contributed by atoms with E-state index in [1.54, 1.807) is 0 Å². The van der Waals surface area contributed by atoms with Crippen LogP contribution in [0.1, 0.15) is 6.92 Å². The molecular formula is C8H16N2. The van der Waals surface area contributed by atoms with Crippen molar-refractivity contribution in [2.75, 3.05) is 20.1 Å². The molecule has 0 radical (unpaired) electrons. The van der Waals surface area contributed by atoms with E-state index in [4.69, 9.17) is 0 Å². The van der Waals surface area contributed by atoms with Gasteiger partial charge < -0.3 is 10.2 Å². The summed E-state index contributed by atoms with van der Waals surface area (Å²) in [4.78, 5) is 2.30. The van der Waals surface area contributed by atoms with Crippen LogP contribution in [0.25, 0.3) is 0 Å². The summed E-state index contributed by atoms with van der Waals surface area (Å²) in [6.45, 7) is 8.20. The van der Waals surface area contributed by atoms with E-state index in [9.17, 15) is 0 Å². The molecule has 1 N–H and O–H groups in total. The number of likely N-dealkylation sites (tertiary alicyclic amines) is 1. The van der Waals surface area contributed by atoms with Gasteiger partial charge in [-0.2, -0.15) is 0 Å². The fourth-order valence-corrected chi connectivity index (χ4v) is 1.24. The maximum atomic E-state index is 3.71. The van der Waals surface area contributed by atoms with Crippen LogP contribution in [0.3, 0.4) is 0 Å². The van der Waals surface area contributed by atoms with Gasteiger partial charge in [-0.25, -0.2) is 0 Å². The van der Waals surface area contributed by atoms with Crippen molar-refractivity contribution in [3.05, 3.63) is 12.7 Å². The van der Waals surface area contributed by atoms with Gasteiger partial charge in [0.1, 0.15) is 0 Å². The monoisotopic (exact) mass is 140 g/mol. The predicted octanol–water partition coefficient (Wildman–Crippen LogP) is 0.464. The molecule has 1 atom stereocenters. The average Bonchev–Trinajstić information content (AvgIpc) is 1.84. The van der Waals surface area contributed by atoms with Gasteiger partial charge in [0.05, 0.1) is 0 Å². The van der Waals surface area contributed by atoms with Crippen molar-refractivity contribution >= 4 is 0 Å². The quantitative estimate of drug-likeness (QED) is 0.573. The zero-order valence-electron chi connectivity index (χ0n) is 6.80. The highest BCUT2D eigenvalue weighted by molar-refractivity contribution is 4.90. The van der Waals surface area contributed by atoms with E-state index in [2.05, 4.69) is 30.8 Å². The molecular weight excluding hydrogens is 124 g/mol. The Hall–Kier alpha value is -0.340. The Bertz CT molecular complexity index is 116. The summed E-state index contributed by atoms with van der Waals surface area (Å²) in [5.41, 5.74) is 0. The van der Waals surface area contributed by atoms with E-state index < -0.39 is 0 Å². The second-order valence-corrected chi connectivity index (χ2v) is 3.11. The van der Waals surface area contributed by atoms with Gasteiger partial charge in [-0.3, -0.25) is 0 Å². The molecule has 1 saturated heterocycles. The summed E-state index contributed by atoms with van der Waals surface area (Å²) < 4.78 is 0. The standard InChI is InChI=1S/C8H16N2/c1-4-7(2)9-8-5-10(3)6-8/h4,7-9H,1,5-6H2,2-3H3. The van der Waals surface area contributed by atoms with Gasteiger partial charge in [-0.05, 0) is 14.0 Å². The number of nitrogens with one attached hydrogen (secondary N) is 1. The lowest BCUT2D eigenvalue weighted by molar-refractivity contribution is 0.158. The molecule has 0 aromatic carbocycles. The summed E-state index contributed by atoms with van der Waals surface area (Å²) in [6, 6.07) is 1.15. The second kappa shape index (κ2) is 3.17. The molecule has 0 spiro atoms. The molecule has 1 fully saturated rings. The van der Waals surface area contributed by atoms with Crippen LogP contribution in [0.4, 0.5) is 0 Å². The van der Waals surface area contributed by atoms with Crippen LogP contribution in [0.15, 0.2) is 12.7 Å². The highest BCUT2D eigenvalue weighted by Gasteiger charge is 2.22. The molecule has 58 valence electrons. The molecule has 0 bridgehead atoms. The highest BCUT2D eigenvalue weighted by atomic mass is 15.2. The molecule has 0 amide bonds. The first-order valence-electron chi connectivity index (χ1n) is 3.79. The lowest BCUT2D eigenvalue weighted by Gasteiger charge is -2.38. The van der Waals surface area contributed by atoms with Crippen LogP contribution < -0.4 is 5.32 Å². The SMILES string of the molecule is C=CC(C)NC1CN(C)C1. The number of likely N-dealkylation sites (N-methyl/N-ethyl adjacent to an activating group) is 1. The second-order valence-electron chi connectivity index (χ2n) is 3.11. The Morgan fingerprint density at radius 2 is 2.30 bits per heavy atom. The maximum absolute atomic E-state index is 3.71. The van der Waals surface area contributed by atoms with Crippen LogP contribution in [0, 0.1) is 0 Å². The largest absolute Gasteiger partial charge is 0.306 e. The van der Waals surface area contributed by atoms with Gasteiger partial charge in [-0.1, -0.05) is 6.08 Å². The van der Waals surface area contributed by atoms with Crippen molar-refractivity contribution in [3.63, 3.8) is 0 Å². The molecule has 2 nitrogen and oxygen atoms in total. The molecule has 1 aliphatic heterocycles. The molecule has 0 aromatic rings. The smallest absolute Gasteiger partial charge is 0.0327 e. The number of nitrogens with zero attached hydrogens (tertiary/aromatic N) is 1. The number of hydrogen-bond acceptors (Lipinski definition) is 2. The Kier molecular flexibility index (Phi) is 2.46. The third-order valence-electron chi connectivity index (χ3n) is 1.92. The average molecular weight is 140 g/mol. The topological polar surface area (TPSA) is 15.3 Å². The lowest BCUT2D eigenvalue weighted by Crippen LogP contribution is -2.57. The fraction of sp³-hybridized carbons (Fsp3) is 0.750. The molecule has 1 unspecified atom stereocenters. The summed E-state index contributed by atoms with van der Waals surface area (Å²) in [5.74, 6) is 0. The van der Waals surface area contributed by atoms with Gasteiger partial charge in [0.2, 0.25) is 0 Å². The zero-order chi connectivity index (χ0) is 7.56. The first kappa shape index (κ1) is 7.76. The van der Waals surface area contributed by atoms with E-state index in [-0.39, 0.29) is 0 Å². The first-order valence-corrected chi connectivity index (χ1v) is 3.79. The zero-order valence-corrected chi connectivity index (χ0v) is 6.80.